The lowest BCUT2D eigenvalue weighted by Crippen LogP contribution is -2.46. The number of benzene rings is 1. The quantitative estimate of drug-likeness (QED) is 0.471. The van der Waals surface area contributed by atoms with Gasteiger partial charge in [0.2, 0.25) is 0 Å². The van der Waals surface area contributed by atoms with Gasteiger partial charge in [0.25, 0.3) is 5.91 Å². The lowest BCUT2D eigenvalue weighted by Gasteiger charge is -2.44. The number of pyridine rings is 1. The largest absolute Gasteiger partial charge is 0.414 e. The van der Waals surface area contributed by atoms with Crippen LogP contribution in [-0.4, -0.2) is 30.7 Å². The second kappa shape index (κ2) is 8.60. The second-order valence-electron chi connectivity index (χ2n) is 11.4. The van der Waals surface area contributed by atoms with Crippen molar-refractivity contribution >= 4 is 20.3 Å². The lowest BCUT2D eigenvalue weighted by molar-refractivity contribution is 0.0625. The van der Waals surface area contributed by atoms with Gasteiger partial charge in [-0.25, -0.2) is 0 Å². The summed E-state index contributed by atoms with van der Waals surface area (Å²) in [6, 6.07) is 11.8. The maximum Gasteiger partial charge on any atom is 0.277 e. The molecule has 32 heavy (non-hydrogen) atoms. The Bertz CT molecular complexity index is 1010. The molecule has 3 rings (SSSR count). The number of amides is 1. The third-order valence-electron chi connectivity index (χ3n) is 6.74. The first kappa shape index (κ1) is 24.4. The number of fused-ring (bicyclic) bond motifs is 1. The monoisotopic (exact) mass is 450 g/mol. The Morgan fingerprint density at radius 1 is 1.09 bits per heavy atom. The molecule has 0 aliphatic carbocycles. The minimum atomic E-state index is -2.01. The highest BCUT2D eigenvalue weighted by atomic mass is 28.4. The maximum atomic E-state index is 13.9. The Hall–Kier alpha value is -2.24. The zero-order valence-electron chi connectivity index (χ0n) is 21.1. The number of carbonyl (C=O) groups excluding carboxylic acids is 1. The van der Waals surface area contributed by atoms with Crippen LogP contribution in [0.4, 0.5) is 0 Å². The van der Waals surface area contributed by atoms with Gasteiger partial charge >= 0.3 is 0 Å². The number of aryl methyl sites for hydroxylation is 1. The van der Waals surface area contributed by atoms with Crippen molar-refractivity contribution in [2.24, 2.45) is 5.41 Å². The number of nitrogens with zero attached hydrogens (tertiary/aromatic N) is 2. The number of allylic oxidation sites excluding steroid dienone is 1. The van der Waals surface area contributed by atoms with Crippen molar-refractivity contribution in [3.05, 3.63) is 70.7 Å². The Balaban J connectivity index is 2.15. The van der Waals surface area contributed by atoms with Crippen LogP contribution >= 0.6 is 0 Å². The molecule has 0 saturated heterocycles. The van der Waals surface area contributed by atoms with Gasteiger partial charge in [0.05, 0.1) is 12.6 Å². The topological polar surface area (TPSA) is 42.4 Å². The first-order chi connectivity index (χ1) is 14.7. The first-order valence-corrected chi connectivity index (χ1v) is 14.3. The van der Waals surface area contributed by atoms with E-state index in [2.05, 4.69) is 90.8 Å². The molecule has 1 aliphatic rings. The standard InChI is InChI=1S/C27H38N2O2Si/c1-19-13-14-20-17-24(26(2,3)4)29(25(30)22-12-10-11-15-28-22)23(21(20)16-19)18-31-32(8,9)27(5,6)7/h10-17,23H,18H2,1-9H3. The highest BCUT2D eigenvalue weighted by Crippen LogP contribution is 2.44. The molecule has 0 fully saturated rings. The third kappa shape index (κ3) is 4.89. The van der Waals surface area contributed by atoms with Gasteiger partial charge in [-0.05, 0) is 54.4 Å². The minimum absolute atomic E-state index is 0.0808. The number of aromatic nitrogens is 1. The predicted octanol–water partition coefficient (Wildman–Crippen LogP) is 7.00. The summed E-state index contributed by atoms with van der Waals surface area (Å²) in [5.41, 5.74) is 4.71. The van der Waals surface area contributed by atoms with E-state index in [0.29, 0.717) is 12.3 Å². The van der Waals surface area contributed by atoms with Crippen LogP contribution in [0.3, 0.4) is 0 Å². The van der Waals surface area contributed by atoms with Crippen LogP contribution in [0.5, 0.6) is 0 Å². The van der Waals surface area contributed by atoms with Crippen LogP contribution in [0.25, 0.3) is 6.08 Å². The van der Waals surface area contributed by atoms with E-state index in [4.69, 9.17) is 4.43 Å². The van der Waals surface area contributed by atoms with E-state index < -0.39 is 8.32 Å². The molecule has 0 saturated carbocycles. The first-order valence-electron chi connectivity index (χ1n) is 11.4. The average molecular weight is 451 g/mol. The van der Waals surface area contributed by atoms with Gasteiger partial charge in [-0.1, -0.05) is 71.4 Å². The van der Waals surface area contributed by atoms with E-state index in [-0.39, 0.29) is 22.4 Å². The van der Waals surface area contributed by atoms with Gasteiger partial charge < -0.3 is 9.33 Å². The molecule has 0 radical (unpaired) electrons. The molecule has 1 atom stereocenters. The van der Waals surface area contributed by atoms with Crippen molar-refractivity contribution in [1.29, 1.82) is 0 Å². The molecular formula is C27H38N2O2Si. The zero-order valence-corrected chi connectivity index (χ0v) is 22.1. The summed E-state index contributed by atoms with van der Waals surface area (Å²) in [5.74, 6) is -0.0808. The van der Waals surface area contributed by atoms with Gasteiger partial charge in [-0.3, -0.25) is 9.78 Å². The molecule has 2 aromatic rings. The van der Waals surface area contributed by atoms with E-state index in [1.807, 2.05) is 17.0 Å². The van der Waals surface area contributed by atoms with Crippen molar-refractivity contribution in [3.8, 4) is 0 Å². The summed E-state index contributed by atoms with van der Waals surface area (Å²) in [6.45, 7) is 20.3. The van der Waals surface area contributed by atoms with E-state index in [9.17, 15) is 4.79 Å². The summed E-state index contributed by atoms with van der Waals surface area (Å²) in [7, 11) is -2.01. The molecule has 0 spiro atoms. The van der Waals surface area contributed by atoms with Crippen LogP contribution in [0.1, 0.15) is 74.8 Å². The van der Waals surface area contributed by atoms with Crippen LogP contribution in [-0.2, 0) is 4.43 Å². The van der Waals surface area contributed by atoms with E-state index in [0.717, 1.165) is 16.8 Å². The third-order valence-corrected chi connectivity index (χ3v) is 11.2. The van der Waals surface area contributed by atoms with Crippen molar-refractivity contribution in [2.45, 2.75) is 72.6 Å². The second-order valence-corrected chi connectivity index (χ2v) is 16.2. The fourth-order valence-electron chi connectivity index (χ4n) is 3.75. The molecule has 5 heteroatoms. The van der Waals surface area contributed by atoms with Crippen molar-refractivity contribution in [3.63, 3.8) is 0 Å². The number of hydrogen-bond donors (Lipinski definition) is 0. The maximum absolute atomic E-state index is 13.9. The van der Waals surface area contributed by atoms with Crippen LogP contribution in [0, 0.1) is 12.3 Å². The van der Waals surface area contributed by atoms with Gasteiger partial charge in [-0.15, -0.1) is 0 Å². The van der Waals surface area contributed by atoms with Crippen molar-refractivity contribution < 1.29 is 9.22 Å². The van der Waals surface area contributed by atoms with Crippen LogP contribution in [0.15, 0.2) is 48.3 Å². The van der Waals surface area contributed by atoms with Crippen molar-refractivity contribution in [2.75, 3.05) is 6.61 Å². The number of hydrogen-bond acceptors (Lipinski definition) is 3. The molecular weight excluding hydrogens is 412 g/mol. The smallest absolute Gasteiger partial charge is 0.277 e. The van der Waals surface area contributed by atoms with Crippen LogP contribution < -0.4 is 0 Å². The van der Waals surface area contributed by atoms with Gasteiger partial charge in [0.15, 0.2) is 8.32 Å². The fraction of sp³-hybridized carbons (Fsp3) is 0.481. The van der Waals surface area contributed by atoms with Crippen molar-refractivity contribution in [1.82, 2.24) is 9.88 Å². The van der Waals surface area contributed by atoms with Gasteiger partial charge in [0, 0.05) is 17.3 Å². The highest BCUT2D eigenvalue weighted by Gasteiger charge is 2.42. The molecule has 1 aromatic heterocycles. The Morgan fingerprint density at radius 3 is 2.34 bits per heavy atom. The minimum Gasteiger partial charge on any atom is -0.414 e. The molecule has 172 valence electrons. The molecule has 0 bridgehead atoms. The molecule has 0 N–H and O–H groups in total. The van der Waals surface area contributed by atoms with Gasteiger partial charge in [-0.2, -0.15) is 0 Å². The van der Waals surface area contributed by atoms with E-state index >= 15 is 0 Å². The normalized spacial score (nSPS) is 17.1. The van der Waals surface area contributed by atoms with Gasteiger partial charge in [0.1, 0.15) is 5.69 Å². The summed E-state index contributed by atoms with van der Waals surface area (Å²) < 4.78 is 6.70. The molecule has 1 unspecified atom stereocenters. The molecule has 4 nitrogen and oxygen atoms in total. The summed E-state index contributed by atoms with van der Waals surface area (Å²) >= 11 is 0. The average Bonchev–Trinajstić information content (AvgIpc) is 2.70. The fourth-order valence-corrected chi connectivity index (χ4v) is 4.76. The van der Waals surface area contributed by atoms with Crippen LogP contribution in [0.2, 0.25) is 18.1 Å². The lowest BCUT2D eigenvalue weighted by atomic mass is 9.83. The Morgan fingerprint density at radius 2 is 1.78 bits per heavy atom. The van der Waals surface area contributed by atoms with E-state index in [1.165, 1.54) is 5.56 Å². The van der Waals surface area contributed by atoms with E-state index in [1.54, 1.807) is 12.3 Å². The molecule has 2 heterocycles. The highest BCUT2D eigenvalue weighted by molar-refractivity contribution is 6.74. The molecule has 1 amide bonds. The number of carbonyl (C=O) groups is 1. The Kier molecular flexibility index (Phi) is 6.56. The number of rotatable bonds is 4. The SMILES string of the molecule is Cc1ccc2c(c1)C(CO[Si](C)(C)C(C)(C)C)N(C(=O)c1ccccn1)C(C(C)(C)C)=C2. The summed E-state index contributed by atoms with van der Waals surface area (Å²) in [5, 5.41) is 0.0929. The molecule has 1 aliphatic heterocycles. The summed E-state index contributed by atoms with van der Waals surface area (Å²) in [6.07, 6.45) is 3.84. The Labute approximate surface area is 194 Å². The summed E-state index contributed by atoms with van der Waals surface area (Å²) in [4.78, 5) is 20.2. The predicted molar refractivity (Wildman–Crippen MR) is 135 cm³/mol. The zero-order chi connectivity index (χ0) is 23.9. The molecule has 1 aromatic carbocycles.